The molecule has 35 heavy (non-hydrogen) atoms. The van der Waals surface area contributed by atoms with Crippen LogP contribution in [0.3, 0.4) is 0 Å². The van der Waals surface area contributed by atoms with Gasteiger partial charge in [-0.25, -0.2) is 4.98 Å². The molecule has 1 amide bonds. The maximum absolute atomic E-state index is 11.6. The summed E-state index contributed by atoms with van der Waals surface area (Å²) in [5, 5.41) is 6.50. The number of anilines is 1. The summed E-state index contributed by atoms with van der Waals surface area (Å²) in [6.07, 6.45) is 8.12. The van der Waals surface area contributed by atoms with Gasteiger partial charge in [-0.2, -0.15) is 0 Å². The van der Waals surface area contributed by atoms with Crippen LogP contribution >= 0.6 is 12.4 Å². The molecule has 2 saturated heterocycles. The van der Waals surface area contributed by atoms with Crippen molar-refractivity contribution in [2.45, 2.75) is 63.1 Å². The van der Waals surface area contributed by atoms with Gasteiger partial charge in [-0.15, -0.1) is 12.4 Å². The van der Waals surface area contributed by atoms with Crippen molar-refractivity contribution in [3.05, 3.63) is 53.5 Å². The predicted molar refractivity (Wildman–Crippen MR) is 135 cm³/mol. The van der Waals surface area contributed by atoms with Crippen LogP contribution in [0.2, 0.25) is 0 Å². The molecule has 0 spiro atoms. The fraction of sp³-hybridized carbons (Fsp3) is 0.462. The Hall–Kier alpha value is -2.81. The second-order valence-electron chi connectivity index (χ2n) is 9.88. The number of aryl methyl sites for hydroxylation is 2. The van der Waals surface area contributed by atoms with Crippen LogP contribution in [0.25, 0.3) is 11.0 Å². The molecule has 1 aliphatic carbocycles. The minimum atomic E-state index is -0.168. The molecule has 3 fully saturated rings. The van der Waals surface area contributed by atoms with Gasteiger partial charge < -0.3 is 20.1 Å². The van der Waals surface area contributed by atoms with E-state index in [1.807, 2.05) is 31.3 Å². The molecule has 1 saturated carbocycles. The average Bonchev–Trinajstić information content (AvgIpc) is 2.87. The molecular weight excluding hydrogens is 466 g/mol. The molecule has 0 atom stereocenters. The number of fused-ring (bicyclic) bond motifs is 5. The van der Waals surface area contributed by atoms with E-state index >= 15 is 0 Å². The Balaban J connectivity index is 0.00000253. The van der Waals surface area contributed by atoms with Crippen molar-refractivity contribution < 1.29 is 14.3 Å². The summed E-state index contributed by atoms with van der Waals surface area (Å²) >= 11 is 0. The summed E-state index contributed by atoms with van der Waals surface area (Å²) in [5.41, 5.74) is 5.07. The van der Waals surface area contributed by atoms with Crippen LogP contribution < -0.4 is 15.4 Å². The fourth-order valence-corrected chi connectivity index (χ4v) is 5.44. The number of hydrogen-bond acceptors (Lipinski definition) is 7. The Kier molecular flexibility index (Phi) is 6.38. The zero-order valence-corrected chi connectivity index (χ0v) is 20.6. The first-order valence-electron chi connectivity index (χ1n) is 12.0. The quantitative estimate of drug-likeness (QED) is 0.535. The van der Waals surface area contributed by atoms with Gasteiger partial charge in [0.25, 0.3) is 5.91 Å². The standard InChI is InChI=1S/C26H29N5O3.ClH/c1-17-2-4-20-23(29-17)18(7-13-27-20)6-8-26-11-9-25(10-12-26,16-34-26)28-14-19-3-5-21-24(30-19)31-22(32)15-33-21;/h2-5,7,13,28H,6,8-12,14-16H2,1H3,(H,30,31,32);1H. The highest BCUT2D eigenvalue weighted by Crippen LogP contribution is 2.46. The average molecular weight is 496 g/mol. The molecule has 2 N–H and O–H groups in total. The summed E-state index contributed by atoms with van der Waals surface area (Å²) in [4.78, 5) is 25.4. The minimum absolute atomic E-state index is 0. The first-order valence-corrected chi connectivity index (χ1v) is 12.0. The maximum Gasteiger partial charge on any atom is 0.263 e. The van der Waals surface area contributed by atoms with E-state index in [0.29, 0.717) is 24.7 Å². The van der Waals surface area contributed by atoms with Crippen molar-refractivity contribution in [3.63, 3.8) is 0 Å². The largest absolute Gasteiger partial charge is 0.480 e. The van der Waals surface area contributed by atoms with Crippen LogP contribution in [0.15, 0.2) is 36.5 Å². The molecular formula is C26H30ClN5O3. The van der Waals surface area contributed by atoms with Crippen LogP contribution in [0.1, 0.15) is 49.1 Å². The molecule has 2 bridgehead atoms. The number of ether oxygens (including phenoxy) is 2. The molecule has 0 aromatic carbocycles. The summed E-state index contributed by atoms with van der Waals surface area (Å²) in [5.74, 6) is 0.958. The van der Waals surface area contributed by atoms with Crippen molar-refractivity contribution in [2.24, 2.45) is 0 Å². The summed E-state index contributed by atoms with van der Waals surface area (Å²) in [6, 6.07) is 9.99. The number of pyridine rings is 3. The fourth-order valence-electron chi connectivity index (χ4n) is 5.44. The SMILES string of the molecule is Cc1ccc2nccc(CCC34CCC(NCc5ccc6c(n5)NC(=O)CO6)(CC3)CO4)c2n1.Cl. The Bertz CT molecular complexity index is 1240. The van der Waals surface area contributed by atoms with Crippen LogP contribution in [-0.2, 0) is 22.5 Å². The highest BCUT2D eigenvalue weighted by atomic mass is 35.5. The number of carbonyl (C=O) groups is 1. The van der Waals surface area contributed by atoms with Crippen molar-refractivity contribution in [1.82, 2.24) is 20.3 Å². The number of nitrogens with one attached hydrogen (secondary N) is 2. The molecule has 8 nitrogen and oxygen atoms in total. The van der Waals surface area contributed by atoms with Gasteiger partial charge in [0.2, 0.25) is 0 Å². The zero-order chi connectivity index (χ0) is 23.2. The molecule has 4 aliphatic rings. The number of carbonyl (C=O) groups excluding carboxylic acids is 1. The third-order valence-corrected chi connectivity index (χ3v) is 7.61. The molecule has 0 radical (unpaired) electrons. The highest BCUT2D eigenvalue weighted by molar-refractivity contribution is 5.94. The van der Waals surface area contributed by atoms with Gasteiger partial charge >= 0.3 is 0 Å². The number of halogens is 1. The summed E-state index contributed by atoms with van der Waals surface area (Å²) in [7, 11) is 0. The number of rotatable bonds is 6. The Morgan fingerprint density at radius 2 is 1.94 bits per heavy atom. The van der Waals surface area contributed by atoms with E-state index in [1.165, 1.54) is 5.56 Å². The third kappa shape index (κ3) is 4.70. The zero-order valence-electron chi connectivity index (χ0n) is 19.8. The summed E-state index contributed by atoms with van der Waals surface area (Å²) in [6.45, 7) is 3.41. The van der Waals surface area contributed by atoms with Crippen molar-refractivity contribution in [2.75, 3.05) is 18.5 Å². The van der Waals surface area contributed by atoms with Gasteiger partial charge in [-0.05, 0) is 81.3 Å². The van der Waals surface area contributed by atoms with Gasteiger partial charge in [0, 0.05) is 24.0 Å². The predicted octanol–water partition coefficient (Wildman–Crippen LogP) is 3.89. The molecule has 3 aliphatic heterocycles. The van der Waals surface area contributed by atoms with Gasteiger partial charge in [0.1, 0.15) is 0 Å². The highest BCUT2D eigenvalue weighted by Gasteiger charge is 2.49. The lowest BCUT2D eigenvalue weighted by atomic mass is 9.69. The van der Waals surface area contributed by atoms with E-state index in [-0.39, 0.29) is 36.1 Å². The second kappa shape index (κ2) is 9.33. The van der Waals surface area contributed by atoms with E-state index in [0.717, 1.165) is 60.9 Å². The number of aromatic nitrogens is 3. The lowest BCUT2D eigenvalue weighted by Gasteiger charge is -2.53. The minimum Gasteiger partial charge on any atom is -0.480 e. The van der Waals surface area contributed by atoms with Crippen molar-refractivity contribution in [1.29, 1.82) is 0 Å². The number of amides is 1. The van der Waals surface area contributed by atoms with Crippen LogP contribution in [0.4, 0.5) is 5.82 Å². The molecule has 184 valence electrons. The van der Waals surface area contributed by atoms with Crippen molar-refractivity contribution >= 4 is 35.2 Å². The molecule has 9 heteroatoms. The normalized spacial score (nSPS) is 24.9. The first kappa shape index (κ1) is 23.9. The van der Waals surface area contributed by atoms with Gasteiger partial charge in [0.15, 0.2) is 18.2 Å². The lowest BCUT2D eigenvalue weighted by molar-refractivity contribution is -0.165. The smallest absolute Gasteiger partial charge is 0.263 e. The third-order valence-electron chi connectivity index (χ3n) is 7.61. The van der Waals surface area contributed by atoms with Gasteiger partial charge in [-0.1, -0.05) is 0 Å². The van der Waals surface area contributed by atoms with Gasteiger partial charge in [0.05, 0.1) is 28.9 Å². The summed E-state index contributed by atoms with van der Waals surface area (Å²) < 4.78 is 11.9. The van der Waals surface area contributed by atoms with E-state index in [2.05, 4.69) is 32.7 Å². The molecule has 7 rings (SSSR count). The Morgan fingerprint density at radius 1 is 1.09 bits per heavy atom. The molecule has 3 aromatic heterocycles. The number of nitrogens with zero attached hydrogens (tertiary/aromatic N) is 3. The Morgan fingerprint density at radius 3 is 2.74 bits per heavy atom. The van der Waals surface area contributed by atoms with Crippen LogP contribution in [0, 0.1) is 6.92 Å². The van der Waals surface area contributed by atoms with Crippen LogP contribution in [0.5, 0.6) is 5.75 Å². The van der Waals surface area contributed by atoms with Crippen LogP contribution in [-0.4, -0.2) is 45.2 Å². The number of hydrogen-bond donors (Lipinski definition) is 2. The molecule has 6 heterocycles. The first-order chi connectivity index (χ1) is 16.5. The van der Waals surface area contributed by atoms with E-state index in [1.54, 1.807) is 0 Å². The van der Waals surface area contributed by atoms with Crippen molar-refractivity contribution in [3.8, 4) is 5.75 Å². The topological polar surface area (TPSA) is 98.3 Å². The second-order valence-corrected chi connectivity index (χ2v) is 9.88. The molecule has 0 unspecified atom stereocenters. The molecule has 3 aromatic rings. The van der Waals surface area contributed by atoms with E-state index < -0.39 is 0 Å². The monoisotopic (exact) mass is 495 g/mol. The lowest BCUT2D eigenvalue weighted by Crippen LogP contribution is -2.61. The van der Waals surface area contributed by atoms with E-state index in [4.69, 9.17) is 14.5 Å². The van der Waals surface area contributed by atoms with Gasteiger partial charge in [-0.3, -0.25) is 14.8 Å². The Labute approximate surface area is 210 Å². The van der Waals surface area contributed by atoms with E-state index in [9.17, 15) is 4.79 Å². The maximum atomic E-state index is 11.6.